The van der Waals surface area contributed by atoms with Crippen LogP contribution < -0.4 is 5.32 Å². The third kappa shape index (κ3) is 3.22. The monoisotopic (exact) mass is 341 g/mol. The SMILES string of the molecule is CCNC(c1cc(Cl)ccc1Br)c1cc(C)oc1C. The Hall–Kier alpha value is -0.770. The Balaban J connectivity index is 2.51. The minimum absolute atomic E-state index is 0.0792. The summed E-state index contributed by atoms with van der Waals surface area (Å²) in [6.07, 6.45) is 0. The predicted octanol–water partition coefficient (Wildman–Crippen LogP) is 5.01. The van der Waals surface area contributed by atoms with E-state index < -0.39 is 0 Å². The number of nitrogens with one attached hydrogen (secondary N) is 1. The summed E-state index contributed by atoms with van der Waals surface area (Å²) in [6.45, 7) is 6.92. The van der Waals surface area contributed by atoms with Crippen molar-refractivity contribution < 1.29 is 4.42 Å². The highest BCUT2D eigenvalue weighted by Crippen LogP contribution is 2.33. The highest BCUT2D eigenvalue weighted by Gasteiger charge is 2.20. The van der Waals surface area contributed by atoms with Crippen LogP contribution in [0.2, 0.25) is 5.02 Å². The number of furan rings is 1. The first-order valence-electron chi connectivity index (χ1n) is 6.28. The van der Waals surface area contributed by atoms with Crippen LogP contribution in [-0.4, -0.2) is 6.54 Å². The normalized spacial score (nSPS) is 12.7. The molecular weight excluding hydrogens is 326 g/mol. The fourth-order valence-corrected chi connectivity index (χ4v) is 2.92. The van der Waals surface area contributed by atoms with E-state index in [4.69, 9.17) is 16.0 Å². The van der Waals surface area contributed by atoms with Crippen molar-refractivity contribution >= 4 is 27.5 Å². The smallest absolute Gasteiger partial charge is 0.106 e. The molecule has 0 aliphatic heterocycles. The van der Waals surface area contributed by atoms with Crippen LogP contribution in [0.3, 0.4) is 0 Å². The van der Waals surface area contributed by atoms with Gasteiger partial charge in [0.25, 0.3) is 0 Å². The predicted molar refractivity (Wildman–Crippen MR) is 82.9 cm³/mol. The van der Waals surface area contributed by atoms with Crippen LogP contribution in [0.15, 0.2) is 33.2 Å². The molecule has 0 saturated carbocycles. The van der Waals surface area contributed by atoms with E-state index >= 15 is 0 Å². The molecule has 2 nitrogen and oxygen atoms in total. The van der Waals surface area contributed by atoms with Crippen LogP contribution in [-0.2, 0) is 0 Å². The van der Waals surface area contributed by atoms with Crippen molar-refractivity contribution in [2.45, 2.75) is 26.8 Å². The zero-order chi connectivity index (χ0) is 14.0. The number of hydrogen-bond donors (Lipinski definition) is 1. The van der Waals surface area contributed by atoms with E-state index in [9.17, 15) is 0 Å². The van der Waals surface area contributed by atoms with Crippen molar-refractivity contribution in [2.75, 3.05) is 6.54 Å². The van der Waals surface area contributed by atoms with Gasteiger partial charge in [0.15, 0.2) is 0 Å². The van der Waals surface area contributed by atoms with Crippen LogP contribution in [0.4, 0.5) is 0 Å². The molecule has 0 bridgehead atoms. The Labute approximate surface area is 127 Å². The van der Waals surface area contributed by atoms with Crippen molar-refractivity contribution in [3.63, 3.8) is 0 Å². The van der Waals surface area contributed by atoms with Crippen molar-refractivity contribution in [1.29, 1.82) is 0 Å². The fraction of sp³-hybridized carbons (Fsp3) is 0.333. The zero-order valence-corrected chi connectivity index (χ0v) is 13.6. The van der Waals surface area contributed by atoms with Gasteiger partial charge in [-0.25, -0.2) is 0 Å². The van der Waals surface area contributed by atoms with Crippen LogP contribution in [0, 0.1) is 13.8 Å². The van der Waals surface area contributed by atoms with Crippen LogP contribution in [0.5, 0.6) is 0 Å². The molecule has 0 radical (unpaired) electrons. The molecule has 0 saturated heterocycles. The Kier molecular flexibility index (Phi) is 4.71. The summed E-state index contributed by atoms with van der Waals surface area (Å²) in [5, 5.41) is 4.22. The second-order valence-electron chi connectivity index (χ2n) is 4.53. The minimum Gasteiger partial charge on any atom is -0.466 e. The average Bonchev–Trinajstić information content (AvgIpc) is 2.69. The van der Waals surface area contributed by atoms with Gasteiger partial charge in [-0.2, -0.15) is 0 Å². The molecule has 0 aliphatic rings. The molecule has 2 aromatic rings. The summed E-state index contributed by atoms with van der Waals surface area (Å²) >= 11 is 9.72. The van der Waals surface area contributed by atoms with E-state index in [1.54, 1.807) is 0 Å². The number of aryl methyl sites for hydroxylation is 2. The van der Waals surface area contributed by atoms with Crippen molar-refractivity contribution in [3.8, 4) is 0 Å². The third-order valence-electron chi connectivity index (χ3n) is 3.07. The Morgan fingerprint density at radius 2 is 2.00 bits per heavy atom. The highest BCUT2D eigenvalue weighted by molar-refractivity contribution is 9.10. The number of benzene rings is 1. The summed E-state index contributed by atoms with van der Waals surface area (Å²) in [7, 11) is 0. The average molecular weight is 343 g/mol. The van der Waals surface area contributed by atoms with Crippen molar-refractivity contribution in [3.05, 3.63) is 56.4 Å². The first kappa shape index (κ1) is 14.6. The fourth-order valence-electron chi connectivity index (χ4n) is 2.26. The molecule has 2 rings (SSSR count). The summed E-state index contributed by atoms with van der Waals surface area (Å²) in [4.78, 5) is 0. The van der Waals surface area contributed by atoms with Crippen molar-refractivity contribution in [1.82, 2.24) is 5.32 Å². The largest absolute Gasteiger partial charge is 0.466 e. The van der Waals surface area contributed by atoms with Gasteiger partial charge < -0.3 is 9.73 Å². The zero-order valence-electron chi connectivity index (χ0n) is 11.3. The van der Waals surface area contributed by atoms with Gasteiger partial charge in [0.05, 0.1) is 6.04 Å². The quantitative estimate of drug-likeness (QED) is 0.844. The molecule has 1 heterocycles. The lowest BCUT2D eigenvalue weighted by molar-refractivity contribution is 0.495. The van der Waals surface area contributed by atoms with Gasteiger partial charge in [-0.15, -0.1) is 0 Å². The number of halogens is 2. The van der Waals surface area contributed by atoms with Crippen LogP contribution in [0.1, 0.15) is 35.6 Å². The molecule has 102 valence electrons. The van der Waals surface area contributed by atoms with Crippen molar-refractivity contribution in [2.24, 2.45) is 0 Å². The molecule has 1 atom stereocenters. The molecule has 4 heteroatoms. The molecule has 0 amide bonds. The maximum absolute atomic E-state index is 6.12. The maximum Gasteiger partial charge on any atom is 0.106 e. The topological polar surface area (TPSA) is 25.2 Å². The Morgan fingerprint density at radius 1 is 1.26 bits per heavy atom. The number of hydrogen-bond acceptors (Lipinski definition) is 2. The first-order valence-corrected chi connectivity index (χ1v) is 7.45. The summed E-state index contributed by atoms with van der Waals surface area (Å²) < 4.78 is 6.69. The molecule has 1 N–H and O–H groups in total. The third-order valence-corrected chi connectivity index (χ3v) is 4.02. The summed E-state index contributed by atoms with van der Waals surface area (Å²) in [5.74, 6) is 1.86. The second-order valence-corrected chi connectivity index (χ2v) is 5.82. The van der Waals surface area contributed by atoms with E-state index in [0.29, 0.717) is 0 Å². The van der Waals surface area contributed by atoms with E-state index in [-0.39, 0.29) is 6.04 Å². The molecule has 19 heavy (non-hydrogen) atoms. The van der Waals surface area contributed by atoms with E-state index in [0.717, 1.165) is 38.7 Å². The summed E-state index contributed by atoms with van der Waals surface area (Å²) in [6, 6.07) is 8.00. The van der Waals surface area contributed by atoms with Gasteiger partial charge in [-0.05, 0) is 50.2 Å². The summed E-state index contributed by atoms with van der Waals surface area (Å²) in [5.41, 5.74) is 2.28. The first-order chi connectivity index (χ1) is 9.02. The number of rotatable bonds is 4. The molecule has 1 unspecified atom stereocenters. The van der Waals surface area contributed by atoms with Gasteiger partial charge in [-0.1, -0.05) is 34.5 Å². The van der Waals surface area contributed by atoms with Gasteiger partial charge >= 0.3 is 0 Å². The van der Waals surface area contributed by atoms with Crippen LogP contribution in [0.25, 0.3) is 0 Å². The molecule has 1 aromatic heterocycles. The maximum atomic E-state index is 6.12. The lowest BCUT2D eigenvalue weighted by atomic mass is 9.99. The molecule has 0 spiro atoms. The standard InChI is InChI=1S/C15H17BrClNO/c1-4-18-15(12-7-9(2)19-10(12)3)13-8-11(17)5-6-14(13)16/h5-8,15,18H,4H2,1-3H3. The van der Waals surface area contributed by atoms with E-state index in [1.807, 2.05) is 32.0 Å². The lowest BCUT2D eigenvalue weighted by Crippen LogP contribution is -2.22. The van der Waals surface area contributed by atoms with Gasteiger partial charge in [-0.3, -0.25) is 0 Å². The minimum atomic E-state index is 0.0792. The lowest BCUT2D eigenvalue weighted by Gasteiger charge is -2.19. The second kappa shape index (κ2) is 6.12. The van der Waals surface area contributed by atoms with E-state index in [1.165, 1.54) is 0 Å². The van der Waals surface area contributed by atoms with E-state index in [2.05, 4.69) is 34.2 Å². The highest BCUT2D eigenvalue weighted by atomic mass is 79.9. The molecule has 0 fully saturated rings. The van der Waals surface area contributed by atoms with Gasteiger partial charge in [0.1, 0.15) is 11.5 Å². The van der Waals surface area contributed by atoms with Gasteiger partial charge in [0.2, 0.25) is 0 Å². The Bertz CT molecular complexity index is 580. The Morgan fingerprint density at radius 3 is 2.58 bits per heavy atom. The molecular formula is C15H17BrClNO. The van der Waals surface area contributed by atoms with Gasteiger partial charge in [0, 0.05) is 15.1 Å². The van der Waals surface area contributed by atoms with Crippen LogP contribution >= 0.6 is 27.5 Å². The molecule has 1 aromatic carbocycles. The molecule has 0 aliphatic carbocycles.